The van der Waals surface area contributed by atoms with E-state index in [2.05, 4.69) is 43.1 Å². The molecule has 0 aliphatic carbocycles. The van der Waals surface area contributed by atoms with E-state index in [0.717, 1.165) is 32.5 Å². The van der Waals surface area contributed by atoms with E-state index in [1.54, 1.807) is 0 Å². The highest BCUT2D eigenvalue weighted by Gasteiger charge is 2.22. The monoisotopic (exact) mass is 302 g/mol. The zero-order valence-electron chi connectivity index (χ0n) is 14.7. The first-order valence-corrected chi connectivity index (χ1v) is 8.46. The standard InChI is InChI=1S/C19H30N2O/c1-13(2)19(22)20-17-6-8-21(9-7-17)12-18-15(4)10-14(3)11-16(18)5/h10-11,13,17H,6-9,12H2,1-5H3,(H,20,22). The van der Waals surface area contributed by atoms with Crippen LogP contribution in [-0.2, 0) is 11.3 Å². The normalized spacial score (nSPS) is 17.0. The average Bonchev–Trinajstić information content (AvgIpc) is 2.44. The van der Waals surface area contributed by atoms with Gasteiger partial charge in [0.15, 0.2) is 0 Å². The number of hydrogen-bond acceptors (Lipinski definition) is 2. The van der Waals surface area contributed by atoms with Gasteiger partial charge in [0.2, 0.25) is 5.91 Å². The molecule has 2 rings (SSSR count). The maximum Gasteiger partial charge on any atom is 0.222 e. The Morgan fingerprint density at radius 3 is 2.23 bits per heavy atom. The SMILES string of the molecule is Cc1cc(C)c(CN2CCC(NC(=O)C(C)C)CC2)c(C)c1. The number of nitrogens with one attached hydrogen (secondary N) is 1. The van der Waals surface area contributed by atoms with Crippen molar-refractivity contribution in [1.29, 1.82) is 0 Å². The molecule has 1 N–H and O–H groups in total. The Hall–Kier alpha value is -1.35. The van der Waals surface area contributed by atoms with Crippen LogP contribution in [0.5, 0.6) is 0 Å². The minimum absolute atomic E-state index is 0.0795. The summed E-state index contributed by atoms with van der Waals surface area (Å²) in [7, 11) is 0. The van der Waals surface area contributed by atoms with Gasteiger partial charge in [0.25, 0.3) is 0 Å². The summed E-state index contributed by atoms with van der Waals surface area (Å²) >= 11 is 0. The van der Waals surface area contributed by atoms with E-state index in [1.165, 1.54) is 22.3 Å². The zero-order chi connectivity index (χ0) is 16.3. The van der Waals surface area contributed by atoms with Gasteiger partial charge in [-0.25, -0.2) is 0 Å². The third-order valence-corrected chi connectivity index (χ3v) is 4.68. The van der Waals surface area contributed by atoms with E-state index in [1.807, 2.05) is 13.8 Å². The van der Waals surface area contributed by atoms with Gasteiger partial charge < -0.3 is 5.32 Å². The molecule has 0 bridgehead atoms. The Labute approximate surface area is 135 Å². The molecule has 1 saturated heterocycles. The molecule has 122 valence electrons. The van der Waals surface area contributed by atoms with Crippen molar-refractivity contribution >= 4 is 5.91 Å². The van der Waals surface area contributed by atoms with Crippen LogP contribution in [0.2, 0.25) is 0 Å². The lowest BCUT2D eigenvalue weighted by molar-refractivity contribution is -0.125. The predicted octanol–water partition coefficient (Wildman–Crippen LogP) is 3.35. The Balaban J connectivity index is 1.89. The number of hydrogen-bond donors (Lipinski definition) is 1. The third kappa shape index (κ3) is 4.33. The summed E-state index contributed by atoms with van der Waals surface area (Å²) in [5, 5.41) is 3.17. The van der Waals surface area contributed by atoms with Gasteiger partial charge in [-0.15, -0.1) is 0 Å². The fourth-order valence-corrected chi connectivity index (χ4v) is 3.29. The molecule has 0 radical (unpaired) electrons. The molecule has 0 unspecified atom stereocenters. The molecule has 1 aromatic rings. The largest absolute Gasteiger partial charge is 0.353 e. The Bertz CT molecular complexity index is 505. The minimum Gasteiger partial charge on any atom is -0.353 e. The smallest absolute Gasteiger partial charge is 0.222 e. The number of rotatable bonds is 4. The highest BCUT2D eigenvalue weighted by atomic mass is 16.1. The molecule has 1 heterocycles. The molecule has 0 aromatic heterocycles. The number of carbonyl (C=O) groups excluding carboxylic acids is 1. The second kappa shape index (κ2) is 7.28. The number of carbonyl (C=O) groups is 1. The van der Waals surface area contributed by atoms with Crippen LogP contribution in [0.4, 0.5) is 0 Å². The summed E-state index contributed by atoms with van der Waals surface area (Å²) in [6.45, 7) is 13.7. The highest BCUT2D eigenvalue weighted by molar-refractivity contribution is 5.78. The molecule has 22 heavy (non-hydrogen) atoms. The lowest BCUT2D eigenvalue weighted by atomic mass is 9.97. The molecule has 0 saturated carbocycles. The average molecular weight is 302 g/mol. The Morgan fingerprint density at radius 2 is 1.73 bits per heavy atom. The van der Waals surface area contributed by atoms with Crippen molar-refractivity contribution in [2.24, 2.45) is 5.92 Å². The number of nitrogens with zero attached hydrogens (tertiary/aromatic N) is 1. The fraction of sp³-hybridized carbons (Fsp3) is 0.632. The summed E-state index contributed by atoms with van der Waals surface area (Å²) in [5.41, 5.74) is 5.60. The van der Waals surface area contributed by atoms with E-state index in [9.17, 15) is 4.79 Å². The van der Waals surface area contributed by atoms with Gasteiger partial charge in [0.1, 0.15) is 0 Å². The van der Waals surface area contributed by atoms with Crippen molar-refractivity contribution in [1.82, 2.24) is 10.2 Å². The number of amides is 1. The molecule has 1 amide bonds. The molecular formula is C19H30N2O. The number of piperidine rings is 1. The van der Waals surface area contributed by atoms with Crippen LogP contribution >= 0.6 is 0 Å². The van der Waals surface area contributed by atoms with Gasteiger partial charge in [-0.3, -0.25) is 9.69 Å². The first-order chi connectivity index (χ1) is 10.4. The van der Waals surface area contributed by atoms with Gasteiger partial charge in [0.05, 0.1) is 0 Å². The second-order valence-corrected chi connectivity index (χ2v) is 7.09. The van der Waals surface area contributed by atoms with Gasteiger partial charge in [-0.1, -0.05) is 31.5 Å². The molecular weight excluding hydrogens is 272 g/mol. The van der Waals surface area contributed by atoms with Crippen molar-refractivity contribution in [2.75, 3.05) is 13.1 Å². The van der Waals surface area contributed by atoms with Crippen LogP contribution in [0.3, 0.4) is 0 Å². The minimum atomic E-state index is 0.0795. The summed E-state index contributed by atoms with van der Waals surface area (Å²) in [5.74, 6) is 0.263. The van der Waals surface area contributed by atoms with Gasteiger partial charge >= 0.3 is 0 Å². The number of aryl methyl sites for hydroxylation is 3. The molecule has 3 heteroatoms. The van der Waals surface area contributed by atoms with Crippen LogP contribution in [0.15, 0.2) is 12.1 Å². The molecule has 1 fully saturated rings. The number of likely N-dealkylation sites (tertiary alicyclic amines) is 1. The van der Waals surface area contributed by atoms with Crippen molar-refractivity contribution in [3.05, 3.63) is 34.4 Å². The number of benzene rings is 1. The van der Waals surface area contributed by atoms with E-state index in [-0.39, 0.29) is 11.8 Å². The van der Waals surface area contributed by atoms with Crippen LogP contribution in [0, 0.1) is 26.7 Å². The summed E-state index contributed by atoms with van der Waals surface area (Å²) in [6.07, 6.45) is 2.12. The van der Waals surface area contributed by atoms with E-state index in [0.29, 0.717) is 6.04 Å². The molecule has 3 nitrogen and oxygen atoms in total. The molecule has 1 aliphatic heterocycles. The molecule has 1 aromatic carbocycles. The first kappa shape index (κ1) is 17.0. The molecule has 1 aliphatic rings. The summed E-state index contributed by atoms with van der Waals surface area (Å²) < 4.78 is 0. The van der Waals surface area contributed by atoms with Crippen molar-refractivity contribution in [3.8, 4) is 0 Å². The van der Waals surface area contributed by atoms with Crippen LogP contribution < -0.4 is 5.32 Å². The fourth-order valence-electron chi connectivity index (χ4n) is 3.29. The zero-order valence-corrected chi connectivity index (χ0v) is 14.7. The maximum atomic E-state index is 11.8. The Kier molecular flexibility index (Phi) is 5.63. The van der Waals surface area contributed by atoms with Crippen LogP contribution in [0.25, 0.3) is 0 Å². The van der Waals surface area contributed by atoms with Gasteiger partial charge in [-0.05, 0) is 50.3 Å². The molecule has 0 atom stereocenters. The van der Waals surface area contributed by atoms with Crippen molar-refractivity contribution in [2.45, 2.75) is 60.0 Å². The summed E-state index contributed by atoms with van der Waals surface area (Å²) in [4.78, 5) is 14.3. The van der Waals surface area contributed by atoms with Crippen molar-refractivity contribution in [3.63, 3.8) is 0 Å². The maximum absolute atomic E-state index is 11.8. The van der Waals surface area contributed by atoms with E-state index >= 15 is 0 Å². The molecule has 0 spiro atoms. The highest BCUT2D eigenvalue weighted by Crippen LogP contribution is 2.21. The third-order valence-electron chi connectivity index (χ3n) is 4.68. The second-order valence-electron chi connectivity index (χ2n) is 7.09. The van der Waals surface area contributed by atoms with Gasteiger partial charge in [-0.2, -0.15) is 0 Å². The quantitative estimate of drug-likeness (QED) is 0.925. The van der Waals surface area contributed by atoms with E-state index < -0.39 is 0 Å². The Morgan fingerprint density at radius 1 is 1.18 bits per heavy atom. The first-order valence-electron chi connectivity index (χ1n) is 8.46. The van der Waals surface area contributed by atoms with Crippen molar-refractivity contribution < 1.29 is 4.79 Å². The topological polar surface area (TPSA) is 32.3 Å². The lowest BCUT2D eigenvalue weighted by Crippen LogP contribution is -2.45. The predicted molar refractivity (Wildman–Crippen MR) is 91.9 cm³/mol. The van der Waals surface area contributed by atoms with Crippen LogP contribution in [-0.4, -0.2) is 29.9 Å². The van der Waals surface area contributed by atoms with Gasteiger partial charge in [0, 0.05) is 31.6 Å². The van der Waals surface area contributed by atoms with E-state index in [4.69, 9.17) is 0 Å². The van der Waals surface area contributed by atoms with Crippen LogP contribution in [0.1, 0.15) is 48.9 Å². The summed E-state index contributed by atoms with van der Waals surface area (Å²) in [6, 6.07) is 4.90. The lowest BCUT2D eigenvalue weighted by Gasteiger charge is -2.33.